The van der Waals surface area contributed by atoms with E-state index in [9.17, 15) is 14.7 Å². The Morgan fingerprint density at radius 2 is 1.85 bits per heavy atom. The largest absolute Gasteiger partial charge is 0.497 e. The molecule has 1 aromatic carbocycles. The number of hydrogen-bond donors (Lipinski definition) is 2. The van der Waals surface area contributed by atoms with E-state index in [1.165, 1.54) is 0 Å². The van der Waals surface area contributed by atoms with Crippen molar-refractivity contribution in [3.8, 4) is 5.75 Å². The standard InChI is InChI=1S/C14H15NO5/c1-20-10-4-2-9(3-5-10)11-6-7-15(14(18)19)8-12(11)13(16)17/h2-5H,6-8H2,1H3,(H,16,17)(H,18,19). The first-order valence-electron chi connectivity index (χ1n) is 6.10. The third kappa shape index (κ3) is 2.74. The Morgan fingerprint density at radius 3 is 2.35 bits per heavy atom. The molecule has 106 valence electrons. The van der Waals surface area contributed by atoms with Gasteiger partial charge in [-0.15, -0.1) is 0 Å². The van der Waals surface area contributed by atoms with Gasteiger partial charge in [-0.05, 0) is 29.7 Å². The molecule has 1 amide bonds. The number of nitrogens with zero attached hydrogens (tertiary/aromatic N) is 1. The van der Waals surface area contributed by atoms with Crippen molar-refractivity contribution in [1.82, 2.24) is 4.90 Å². The first-order valence-corrected chi connectivity index (χ1v) is 6.10. The topological polar surface area (TPSA) is 87.1 Å². The van der Waals surface area contributed by atoms with Crippen molar-refractivity contribution < 1.29 is 24.5 Å². The Hall–Kier alpha value is -2.50. The van der Waals surface area contributed by atoms with Crippen LogP contribution in [-0.2, 0) is 4.79 Å². The molecular formula is C14H15NO5. The predicted molar refractivity (Wildman–Crippen MR) is 71.8 cm³/mol. The molecule has 0 aromatic heterocycles. The minimum Gasteiger partial charge on any atom is -0.497 e. The lowest BCUT2D eigenvalue weighted by Crippen LogP contribution is -2.37. The molecule has 0 fully saturated rings. The second-order valence-electron chi connectivity index (χ2n) is 4.44. The number of carboxylic acids is 1. The lowest BCUT2D eigenvalue weighted by Gasteiger charge is -2.27. The van der Waals surface area contributed by atoms with Crippen LogP contribution in [-0.4, -0.2) is 47.4 Å². The fourth-order valence-corrected chi connectivity index (χ4v) is 2.23. The third-order valence-electron chi connectivity index (χ3n) is 3.31. The molecule has 0 spiro atoms. The summed E-state index contributed by atoms with van der Waals surface area (Å²) in [5.41, 5.74) is 1.59. The fraction of sp³-hybridized carbons (Fsp3) is 0.286. The van der Waals surface area contributed by atoms with Gasteiger partial charge in [0.1, 0.15) is 5.75 Å². The van der Waals surface area contributed by atoms with Gasteiger partial charge in [-0.1, -0.05) is 12.1 Å². The molecule has 0 bridgehead atoms. The van der Waals surface area contributed by atoms with E-state index in [2.05, 4.69) is 0 Å². The maximum atomic E-state index is 11.3. The van der Waals surface area contributed by atoms with Crippen LogP contribution >= 0.6 is 0 Å². The van der Waals surface area contributed by atoms with E-state index in [-0.39, 0.29) is 12.1 Å². The van der Waals surface area contributed by atoms with Gasteiger partial charge in [0.25, 0.3) is 0 Å². The average Bonchev–Trinajstić information content (AvgIpc) is 2.46. The maximum Gasteiger partial charge on any atom is 0.407 e. The van der Waals surface area contributed by atoms with Gasteiger partial charge in [0.2, 0.25) is 0 Å². The van der Waals surface area contributed by atoms with E-state index in [1.54, 1.807) is 31.4 Å². The Labute approximate surface area is 115 Å². The number of carbonyl (C=O) groups is 2. The van der Waals surface area contributed by atoms with Crippen LogP contribution < -0.4 is 4.74 Å². The smallest absolute Gasteiger partial charge is 0.407 e. The molecule has 20 heavy (non-hydrogen) atoms. The summed E-state index contributed by atoms with van der Waals surface area (Å²) in [4.78, 5) is 23.4. The second kappa shape index (κ2) is 5.64. The molecule has 0 unspecified atom stereocenters. The fourth-order valence-electron chi connectivity index (χ4n) is 2.23. The Bertz CT molecular complexity index is 561. The number of methoxy groups -OCH3 is 1. The molecule has 0 aliphatic carbocycles. The van der Waals surface area contributed by atoms with E-state index >= 15 is 0 Å². The van der Waals surface area contributed by atoms with Crippen LogP contribution in [0.1, 0.15) is 12.0 Å². The van der Waals surface area contributed by atoms with Crippen LogP contribution in [0.25, 0.3) is 5.57 Å². The summed E-state index contributed by atoms with van der Waals surface area (Å²) in [7, 11) is 1.56. The maximum absolute atomic E-state index is 11.3. The molecule has 2 rings (SSSR count). The highest BCUT2D eigenvalue weighted by molar-refractivity contribution is 5.98. The van der Waals surface area contributed by atoms with Crippen molar-refractivity contribution >= 4 is 17.6 Å². The monoisotopic (exact) mass is 277 g/mol. The number of carboxylic acid groups (broad SMARTS) is 2. The molecule has 0 saturated heterocycles. The minimum atomic E-state index is -1.10. The van der Waals surface area contributed by atoms with Crippen LogP contribution in [0.5, 0.6) is 5.75 Å². The number of benzene rings is 1. The summed E-state index contributed by atoms with van der Waals surface area (Å²) in [5.74, 6) is -0.393. The van der Waals surface area contributed by atoms with Gasteiger partial charge in [0.05, 0.1) is 19.2 Å². The van der Waals surface area contributed by atoms with E-state index in [0.29, 0.717) is 24.3 Å². The molecule has 1 aliphatic rings. The zero-order chi connectivity index (χ0) is 14.7. The van der Waals surface area contributed by atoms with Crippen LogP contribution in [0.15, 0.2) is 29.8 Å². The summed E-state index contributed by atoms with van der Waals surface area (Å²) >= 11 is 0. The van der Waals surface area contributed by atoms with Crippen LogP contribution in [0.4, 0.5) is 4.79 Å². The number of rotatable bonds is 3. The number of ether oxygens (including phenoxy) is 1. The Balaban J connectivity index is 2.37. The number of amides is 1. The Morgan fingerprint density at radius 1 is 1.20 bits per heavy atom. The quantitative estimate of drug-likeness (QED) is 0.881. The van der Waals surface area contributed by atoms with Gasteiger partial charge >= 0.3 is 12.1 Å². The Kier molecular flexibility index (Phi) is 3.93. The first-order chi connectivity index (χ1) is 9.52. The van der Waals surface area contributed by atoms with Crippen LogP contribution in [0.2, 0.25) is 0 Å². The zero-order valence-corrected chi connectivity index (χ0v) is 11.0. The van der Waals surface area contributed by atoms with Crippen molar-refractivity contribution in [2.24, 2.45) is 0 Å². The van der Waals surface area contributed by atoms with Crippen LogP contribution in [0.3, 0.4) is 0 Å². The van der Waals surface area contributed by atoms with E-state index in [4.69, 9.17) is 9.84 Å². The summed E-state index contributed by atoms with van der Waals surface area (Å²) in [5, 5.41) is 18.2. The highest BCUT2D eigenvalue weighted by Gasteiger charge is 2.26. The van der Waals surface area contributed by atoms with Gasteiger partial charge in [-0.2, -0.15) is 0 Å². The molecule has 1 aliphatic heterocycles. The van der Waals surface area contributed by atoms with Crippen molar-refractivity contribution in [3.63, 3.8) is 0 Å². The van der Waals surface area contributed by atoms with Gasteiger partial charge < -0.3 is 19.8 Å². The minimum absolute atomic E-state index is 0.0912. The molecule has 6 nitrogen and oxygen atoms in total. The van der Waals surface area contributed by atoms with E-state index in [1.807, 2.05) is 0 Å². The zero-order valence-electron chi connectivity index (χ0n) is 11.0. The van der Waals surface area contributed by atoms with Crippen molar-refractivity contribution in [2.45, 2.75) is 6.42 Å². The molecule has 2 N–H and O–H groups in total. The molecule has 6 heteroatoms. The molecule has 0 saturated carbocycles. The van der Waals surface area contributed by atoms with Gasteiger partial charge in [0, 0.05) is 6.54 Å². The van der Waals surface area contributed by atoms with Crippen molar-refractivity contribution in [1.29, 1.82) is 0 Å². The predicted octanol–water partition coefficient (Wildman–Crippen LogP) is 1.92. The van der Waals surface area contributed by atoms with E-state index < -0.39 is 12.1 Å². The molecular weight excluding hydrogens is 262 g/mol. The van der Waals surface area contributed by atoms with Gasteiger partial charge in [0.15, 0.2) is 0 Å². The molecule has 0 radical (unpaired) electrons. The molecule has 0 atom stereocenters. The normalized spacial score (nSPS) is 15.2. The van der Waals surface area contributed by atoms with E-state index in [0.717, 1.165) is 10.5 Å². The van der Waals surface area contributed by atoms with Crippen molar-refractivity contribution in [3.05, 3.63) is 35.4 Å². The SMILES string of the molecule is COc1ccc(C2=C(C(=O)O)CN(C(=O)O)CC2)cc1. The highest BCUT2D eigenvalue weighted by Crippen LogP contribution is 2.29. The highest BCUT2D eigenvalue weighted by atomic mass is 16.5. The lowest BCUT2D eigenvalue weighted by atomic mass is 9.93. The second-order valence-corrected chi connectivity index (χ2v) is 4.44. The molecule has 1 aromatic rings. The average molecular weight is 277 g/mol. The van der Waals surface area contributed by atoms with Crippen molar-refractivity contribution in [2.75, 3.05) is 20.2 Å². The number of aliphatic carboxylic acids is 1. The van der Waals surface area contributed by atoms with Crippen LogP contribution in [0, 0.1) is 0 Å². The first kappa shape index (κ1) is 13.9. The summed E-state index contributed by atoms with van der Waals surface area (Å²) in [6.45, 7) is 0.208. The summed E-state index contributed by atoms with van der Waals surface area (Å²) in [6, 6.07) is 7.08. The summed E-state index contributed by atoms with van der Waals surface area (Å²) < 4.78 is 5.06. The third-order valence-corrected chi connectivity index (χ3v) is 3.31. The summed E-state index contributed by atoms with van der Waals surface area (Å²) in [6.07, 6.45) is -0.710. The molecule has 1 heterocycles. The lowest BCUT2D eigenvalue weighted by molar-refractivity contribution is -0.132. The van der Waals surface area contributed by atoms with Gasteiger partial charge in [-0.3, -0.25) is 0 Å². The number of hydrogen-bond acceptors (Lipinski definition) is 3. The van der Waals surface area contributed by atoms with Gasteiger partial charge in [-0.25, -0.2) is 9.59 Å².